The molecular weight excluding hydrogens is 383 g/mol. The van der Waals surface area contributed by atoms with Crippen LogP contribution in [0.3, 0.4) is 0 Å². The first-order chi connectivity index (χ1) is 14.4. The van der Waals surface area contributed by atoms with Crippen molar-refractivity contribution in [2.45, 2.75) is 13.8 Å². The summed E-state index contributed by atoms with van der Waals surface area (Å²) in [5.41, 5.74) is 4.87. The van der Waals surface area contributed by atoms with Crippen LogP contribution in [0.2, 0.25) is 0 Å². The van der Waals surface area contributed by atoms with Crippen LogP contribution in [0.4, 0.5) is 4.39 Å². The topological polar surface area (TPSA) is 75.2 Å². The highest BCUT2D eigenvalue weighted by Crippen LogP contribution is 2.33. The number of hydrogen-bond donors (Lipinski definition) is 2. The molecule has 6 heteroatoms. The number of rotatable bonds is 5. The Hall–Kier alpha value is -3.93. The molecule has 0 saturated heterocycles. The monoisotopic (exact) mass is 402 g/mol. The van der Waals surface area contributed by atoms with Crippen molar-refractivity contribution in [2.24, 2.45) is 0 Å². The molecule has 0 bridgehead atoms. The number of aromatic nitrogens is 2. The number of aromatic carboxylic acids is 1. The van der Waals surface area contributed by atoms with Crippen LogP contribution in [0, 0.1) is 19.8 Å². The highest BCUT2D eigenvalue weighted by atomic mass is 19.1. The van der Waals surface area contributed by atoms with Gasteiger partial charge < -0.3 is 9.84 Å². The summed E-state index contributed by atoms with van der Waals surface area (Å²) in [5.74, 6) is -1.17. The zero-order valence-electron chi connectivity index (χ0n) is 16.4. The first kappa shape index (κ1) is 19.4. The molecule has 4 aromatic rings. The minimum Gasteiger partial charge on any atom is -0.478 e. The van der Waals surface area contributed by atoms with Crippen molar-refractivity contribution in [1.29, 1.82) is 0 Å². The molecule has 150 valence electrons. The Kier molecular flexibility index (Phi) is 5.06. The number of nitrogens with zero attached hydrogens (tertiary/aromatic N) is 1. The van der Waals surface area contributed by atoms with Gasteiger partial charge in [0.25, 0.3) is 0 Å². The van der Waals surface area contributed by atoms with Crippen LogP contribution in [0.5, 0.6) is 11.5 Å². The number of carbonyl (C=O) groups is 1. The fourth-order valence-corrected chi connectivity index (χ4v) is 3.44. The minimum absolute atomic E-state index is 0.0649. The summed E-state index contributed by atoms with van der Waals surface area (Å²) in [4.78, 5) is 11.8. The maximum absolute atomic E-state index is 13.8. The summed E-state index contributed by atoms with van der Waals surface area (Å²) in [6, 6.07) is 18.2. The van der Waals surface area contributed by atoms with Gasteiger partial charge in [-0.2, -0.15) is 4.39 Å². The fraction of sp³-hybridized carbons (Fsp3) is 0.0833. The van der Waals surface area contributed by atoms with Gasteiger partial charge in [-0.1, -0.05) is 47.5 Å². The lowest BCUT2D eigenvalue weighted by atomic mass is 10.0. The van der Waals surface area contributed by atoms with Gasteiger partial charge in [-0.25, -0.2) is 4.79 Å². The summed E-state index contributed by atoms with van der Waals surface area (Å²) < 4.78 is 19.7. The Morgan fingerprint density at radius 1 is 0.967 bits per heavy atom. The highest BCUT2D eigenvalue weighted by Gasteiger charge is 2.16. The molecule has 0 unspecified atom stereocenters. The number of benzene rings is 3. The van der Waals surface area contributed by atoms with Gasteiger partial charge in [-0.3, -0.25) is 5.10 Å². The molecular formula is C24H19FN2O3. The van der Waals surface area contributed by atoms with E-state index < -0.39 is 11.9 Å². The molecule has 3 aromatic carbocycles. The van der Waals surface area contributed by atoms with E-state index >= 15 is 0 Å². The summed E-state index contributed by atoms with van der Waals surface area (Å²) >= 11 is 0. The van der Waals surface area contributed by atoms with Crippen molar-refractivity contribution in [3.05, 3.63) is 89.5 Å². The lowest BCUT2D eigenvalue weighted by molar-refractivity contribution is 0.0694. The lowest BCUT2D eigenvalue weighted by Crippen LogP contribution is -2.01. The van der Waals surface area contributed by atoms with Crippen LogP contribution >= 0.6 is 0 Å². The molecule has 0 saturated carbocycles. The van der Waals surface area contributed by atoms with Gasteiger partial charge in [0.05, 0.1) is 5.56 Å². The highest BCUT2D eigenvalue weighted by molar-refractivity contribution is 5.93. The average molecular weight is 402 g/mol. The van der Waals surface area contributed by atoms with Crippen molar-refractivity contribution >= 4 is 5.97 Å². The molecule has 30 heavy (non-hydrogen) atoms. The molecule has 1 aromatic heterocycles. The van der Waals surface area contributed by atoms with Gasteiger partial charge in [-0.05, 0) is 54.8 Å². The van der Waals surface area contributed by atoms with Gasteiger partial charge >= 0.3 is 5.97 Å². The predicted octanol–water partition coefficient (Wildman–Crippen LogP) is 5.99. The van der Waals surface area contributed by atoms with E-state index in [1.807, 2.05) is 32.0 Å². The third-order valence-electron chi connectivity index (χ3n) is 4.73. The van der Waals surface area contributed by atoms with E-state index in [0.29, 0.717) is 11.3 Å². The third-order valence-corrected chi connectivity index (χ3v) is 4.73. The van der Waals surface area contributed by atoms with Crippen LogP contribution in [-0.2, 0) is 0 Å². The molecule has 0 aliphatic rings. The SMILES string of the molecule is Cc1cc(C)cc(-c2cccc(Oc3ccc(-c4c[nH]nc4F)cc3C(=O)O)c2)c1. The van der Waals surface area contributed by atoms with Crippen molar-refractivity contribution in [3.63, 3.8) is 0 Å². The molecule has 0 aliphatic carbocycles. The Bertz CT molecular complexity index is 1230. The van der Waals surface area contributed by atoms with Crippen molar-refractivity contribution < 1.29 is 19.0 Å². The number of nitrogens with one attached hydrogen (secondary N) is 1. The Morgan fingerprint density at radius 3 is 2.40 bits per heavy atom. The van der Waals surface area contributed by atoms with Crippen molar-refractivity contribution in [3.8, 4) is 33.8 Å². The summed E-state index contributed by atoms with van der Waals surface area (Å²) in [6.07, 6.45) is 1.38. The van der Waals surface area contributed by atoms with E-state index in [2.05, 4.69) is 28.4 Å². The fourth-order valence-electron chi connectivity index (χ4n) is 3.44. The molecule has 0 amide bonds. The number of carboxylic acids is 1. The summed E-state index contributed by atoms with van der Waals surface area (Å²) in [6.45, 7) is 4.08. The number of hydrogen-bond acceptors (Lipinski definition) is 3. The zero-order chi connectivity index (χ0) is 21.3. The molecule has 0 fully saturated rings. The molecule has 1 heterocycles. The average Bonchev–Trinajstić information content (AvgIpc) is 3.13. The number of ether oxygens (including phenoxy) is 1. The smallest absolute Gasteiger partial charge is 0.339 e. The number of aryl methyl sites for hydroxylation is 2. The van der Waals surface area contributed by atoms with Crippen molar-refractivity contribution in [2.75, 3.05) is 0 Å². The van der Waals surface area contributed by atoms with Crippen LogP contribution < -0.4 is 4.74 Å². The Morgan fingerprint density at radius 2 is 1.73 bits per heavy atom. The molecule has 0 spiro atoms. The second-order valence-corrected chi connectivity index (χ2v) is 7.11. The molecule has 5 nitrogen and oxygen atoms in total. The normalized spacial score (nSPS) is 10.8. The second kappa shape index (κ2) is 7.83. The first-order valence-electron chi connectivity index (χ1n) is 9.34. The van der Waals surface area contributed by atoms with Gasteiger partial charge in [0, 0.05) is 6.20 Å². The number of aromatic amines is 1. The van der Waals surface area contributed by atoms with Gasteiger partial charge in [0.1, 0.15) is 17.1 Å². The molecule has 0 radical (unpaired) electrons. The number of carboxylic acid groups (broad SMARTS) is 1. The number of H-pyrrole nitrogens is 1. The van der Waals surface area contributed by atoms with Crippen molar-refractivity contribution in [1.82, 2.24) is 10.2 Å². The molecule has 4 rings (SSSR count). The van der Waals surface area contributed by atoms with Crippen LogP contribution in [0.15, 0.2) is 66.9 Å². The molecule has 2 N–H and O–H groups in total. The second-order valence-electron chi connectivity index (χ2n) is 7.11. The quantitative estimate of drug-likeness (QED) is 0.430. The lowest BCUT2D eigenvalue weighted by Gasteiger charge is -2.12. The predicted molar refractivity (Wildman–Crippen MR) is 112 cm³/mol. The van der Waals surface area contributed by atoms with E-state index in [1.165, 1.54) is 18.3 Å². The standard InChI is InChI=1S/C24H19FN2O3/c1-14-8-15(2)10-18(9-14)16-4-3-5-19(11-16)30-22-7-6-17(12-20(22)24(28)29)21-13-26-27-23(21)25/h3-13H,1-2H3,(H,26,27)(H,28,29). The molecule has 0 atom stereocenters. The van der Waals surface area contributed by atoms with Gasteiger partial charge in [0.15, 0.2) is 0 Å². The number of halogens is 1. The van der Waals surface area contributed by atoms with Crippen LogP contribution in [0.25, 0.3) is 22.3 Å². The maximum atomic E-state index is 13.8. The summed E-state index contributed by atoms with van der Waals surface area (Å²) in [7, 11) is 0. The van der Waals surface area contributed by atoms with Gasteiger partial charge in [-0.15, -0.1) is 5.10 Å². The minimum atomic E-state index is -1.17. The largest absolute Gasteiger partial charge is 0.478 e. The maximum Gasteiger partial charge on any atom is 0.339 e. The third kappa shape index (κ3) is 3.93. The van der Waals surface area contributed by atoms with Crippen LogP contribution in [-0.4, -0.2) is 21.3 Å². The van der Waals surface area contributed by atoms with Gasteiger partial charge in [0.2, 0.25) is 5.95 Å². The Balaban J connectivity index is 1.69. The van der Waals surface area contributed by atoms with E-state index in [9.17, 15) is 14.3 Å². The van der Waals surface area contributed by atoms with E-state index in [1.54, 1.807) is 12.1 Å². The van der Waals surface area contributed by atoms with E-state index in [0.717, 1.165) is 22.3 Å². The molecule has 0 aliphatic heterocycles. The zero-order valence-corrected chi connectivity index (χ0v) is 16.4. The van der Waals surface area contributed by atoms with E-state index in [-0.39, 0.29) is 16.9 Å². The van der Waals surface area contributed by atoms with Crippen LogP contribution in [0.1, 0.15) is 21.5 Å². The summed E-state index contributed by atoms with van der Waals surface area (Å²) in [5, 5.41) is 15.5. The van der Waals surface area contributed by atoms with E-state index in [4.69, 9.17) is 4.74 Å². The first-order valence-corrected chi connectivity index (χ1v) is 9.34. The Labute approximate surface area is 172 Å².